The minimum Gasteiger partial charge on any atom is -0.444 e. The summed E-state index contributed by atoms with van der Waals surface area (Å²) >= 11 is 8.30. The maximum absolute atomic E-state index is 14.9. The zero-order valence-corrected chi connectivity index (χ0v) is 23.3. The topological polar surface area (TPSA) is 67.7 Å². The summed E-state index contributed by atoms with van der Waals surface area (Å²) in [6.07, 6.45) is 0.347. The van der Waals surface area contributed by atoms with Crippen LogP contribution < -0.4 is 10.6 Å². The summed E-state index contributed by atoms with van der Waals surface area (Å²) in [7, 11) is 0. The summed E-state index contributed by atoms with van der Waals surface area (Å²) in [4.78, 5) is 34.8. The van der Waals surface area contributed by atoms with E-state index in [-0.39, 0.29) is 17.7 Å². The third kappa shape index (κ3) is 4.96. The number of ether oxygens (including phenoxy) is 1. The molecule has 0 spiro atoms. The summed E-state index contributed by atoms with van der Waals surface area (Å²) in [6, 6.07) is 4.97. The molecule has 3 heterocycles. The molecule has 1 aromatic heterocycles. The number of nitrogens with zero attached hydrogens (tertiary/aromatic N) is 4. The molecule has 0 N–H and O–H groups in total. The first-order valence-electron chi connectivity index (χ1n) is 12.5. The molecule has 11 heteroatoms. The number of hydrogen-bond donors (Lipinski definition) is 0. The van der Waals surface area contributed by atoms with Gasteiger partial charge in [0, 0.05) is 59.7 Å². The number of aromatic nitrogens is 2. The van der Waals surface area contributed by atoms with Crippen molar-refractivity contribution in [1.29, 1.82) is 0 Å². The monoisotopic (exact) mass is 562 g/mol. The largest absolute Gasteiger partial charge is 0.444 e. The van der Waals surface area contributed by atoms with Crippen molar-refractivity contribution in [3.8, 4) is 11.1 Å². The van der Waals surface area contributed by atoms with Crippen LogP contribution in [0.4, 0.5) is 19.4 Å². The standard InChI is InChI=1S/C27H29ClF2N4O3S/c1-15-14-32(26(36)37-27(2,3)4)9-10-33(15)24-18-13-19(28)21(17-7-6-16(29)12-20(17)30)23-22(18)34(25(35)31-24)8-5-11-38-23/h6-7,12-13,15H,5,8-11,14H2,1-4H3/t15-/m0/s1. The Morgan fingerprint density at radius 2 is 1.95 bits per heavy atom. The molecular formula is C27H29ClF2N4O3S. The second-order valence-electron chi connectivity index (χ2n) is 10.6. The van der Waals surface area contributed by atoms with Gasteiger partial charge >= 0.3 is 11.8 Å². The Labute approximate surface area is 228 Å². The lowest BCUT2D eigenvalue weighted by Gasteiger charge is -2.41. The minimum atomic E-state index is -0.720. The highest BCUT2D eigenvalue weighted by Crippen LogP contribution is 2.46. The predicted octanol–water partition coefficient (Wildman–Crippen LogP) is 5.94. The van der Waals surface area contributed by atoms with Crippen LogP contribution in [0.1, 0.15) is 34.1 Å². The maximum atomic E-state index is 14.9. The van der Waals surface area contributed by atoms with Crippen LogP contribution in [0.15, 0.2) is 34.0 Å². The number of rotatable bonds is 2. The molecule has 1 fully saturated rings. The number of halogens is 3. The number of anilines is 1. The van der Waals surface area contributed by atoms with Gasteiger partial charge < -0.3 is 14.5 Å². The number of hydrogen-bond acceptors (Lipinski definition) is 6. The van der Waals surface area contributed by atoms with Crippen LogP contribution in [-0.2, 0) is 11.3 Å². The fraction of sp³-hybridized carbons (Fsp3) is 0.444. The highest BCUT2D eigenvalue weighted by Gasteiger charge is 2.33. The summed E-state index contributed by atoms with van der Waals surface area (Å²) in [5.41, 5.74) is 0.271. The molecule has 1 atom stereocenters. The van der Waals surface area contributed by atoms with E-state index in [1.807, 2.05) is 32.6 Å². The molecule has 38 heavy (non-hydrogen) atoms. The SMILES string of the molecule is C[C@H]1CN(C(=O)OC(C)(C)C)CCN1c1nc(=O)n2c3c(c(-c4ccc(F)cc4F)c(Cl)cc13)SCCC2. The number of piperazine rings is 1. The van der Waals surface area contributed by atoms with Gasteiger partial charge in [-0.2, -0.15) is 4.98 Å². The van der Waals surface area contributed by atoms with Gasteiger partial charge in [-0.15, -0.1) is 11.8 Å². The first kappa shape index (κ1) is 26.7. The summed E-state index contributed by atoms with van der Waals surface area (Å²) in [6.45, 7) is 9.16. The fourth-order valence-electron chi connectivity index (χ4n) is 5.03. The molecule has 7 nitrogen and oxygen atoms in total. The second kappa shape index (κ2) is 10.0. The molecule has 2 aliphatic rings. The van der Waals surface area contributed by atoms with Crippen LogP contribution in [0.3, 0.4) is 0 Å². The van der Waals surface area contributed by atoms with Crippen LogP contribution in [0.5, 0.6) is 0 Å². The van der Waals surface area contributed by atoms with E-state index >= 15 is 0 Å². The van der Waals surface area contributed by atoms with Crippen LogP contribution in [0.25, 0.3) is 22.0 Å². The Morgan fingerprint density at radius 3 is 2.63 bits per heavy atom. The van der Waals surface area contributed by atoms with E-state index in [2.05, 4.69) is 4.98 Å². The zero-order valence-electron chi connectivity index (χ0n) is 21.7. The molecule has 0 saturated carbocycles. The highest BCUT2D eigenvalue weighted by atomic mass is 35.5. The van der Waals surface area contributed by atoms with Crippen LogP contribution >= 0.6 is 23.4 Å². The molecule has 1 amide bonds. The van der Waals surface area contributed by atoms with Gasteiger partial charge in [-0.05, 0) is 58.1 Å². The van der Waals surface area contributed by atoms with Gasteiger partial charge in [0.25, 0.3) is 0 Å². The normalized spacial score (nSPS) is 18.0. The van der Waals surface area contributed by atoms with E-state index in [1.54, 1.807) is 15.5 Å². The van der Waals surface area contributed by atoms with Crippen molar-refractivity contribution in [2.24, 2.45) is 0 Å². The lowest BCUT2D eigenvalue weighted by atomic mass is 10.0. The van der Waals surface area contributed by atoms with Crippen LogP contribution in [-0.4, -0.2) is 57.6 Å². The quantitative estimate of drug-likeness (QED) is 0.385. The van der Waals surface area contributed by atoms with Crippen LogP contribution in [0.2, 0.25) is 5.02 Å². The van der Waals surface area contributed by atoms with Gasteiger partial charge in [-0.25, -0.2) is 18.4 Å². The summed E-state index contributed by atoms with van der Waals surface area (Å²) in [5, 5.41) is 0.975. The number of amides is 1. The first-order chi connectivity index (χ1) is 17.9. The van der Waals surface area contributed by atoms with Gasteiger partial charge in [0.05, 0.1) is 10.5 Å². The minimum absolute atomic E-state index is 0.156. The van der Waals surface area contributed by atoms with Gasteiger partial charge in [-0.1, -0.05) is 11.6 Å². The average Bonchev–Trinajstić information content (AvgIpc) is 3.05. The van der Waals surface area contributed by atoms with E-state index in [0.29, 0.717) is 64.1 Å². The molecule has 202 valence electrons. The summed E-state index contributed by atoms with van der Waals surface area (Å²) < 4.78 is 35.8. The fourth-order valence-corrected chi connectivity index (χ4v) is 6.59. The van der Waals surface area contributed by atoms with Crippen molar-refractivity contribution in [3.05, 3.63) is 51.4 Å². The predicted molar refractivity (Wildman–Crippen MR) is 146 cm³/mol. The third-order valence-electron chi connectivity index (χ3n) is 6.67. The molecule has 2 aromatic carbocycles. The van der Waals surface area contributed by atoms with Gasteiger partial charge in [0.15, 0.2) is 0 Å². The average molecular weight is 563 g/mol. The highest BCUT2D eigenvalue weighted by molar-refractivity contribution is 7.99. The maximum Gasteiger partial charge on any atom is 0.410 e. The number of carbonyl (C=O) groups is 1. The van der Waals surface area contributed by atoms with Gasteiger partial charge in [-0.3, -0.25) is 4.57 Å². The van der Waals surface area contributed by atoms with Gasteiger partial charge in [0.2, 0.25) is 0 Å². The number of thioether (sulfide) groups is 1. The molecule has 0 unspecified atom stereocenters. The number of aryl methyl sites for hydroxylation is 1. The smallest absolute Gasteiger partial charge is 0.410 e. The lowest BCUT2D eigenvalue weighted by Crippen LogP contribution is -2.55. The van der Waals surface area contributed by atoms with Crippen molar-refractivity contribution in [2.45, 2.75) is 57.2 Å². The number of benzene rings is 2. The molecule has 5 rings (SSSR count). The molecule has 2 aliphatic heterocycles. The van der Waals surface area contributed by atoms with Crippen molar-refractivity contribution >= 4 is 46.2 Å². The Bertz CT molecular complexity index is 1490. The third-order valence-corrected chi connectivity index (χ3v) is 8.15. The Kier molecular flexibility index (Phi) is 7.06. The molecular weight excluding hydrogens is 534 g/mol. The summed E-state index contributed by atoms with van der Waals surface area (Å²) in [5.74, 6) is -0.214. The van der Waals surface area contributed by atoms with Crippen molar-refractivity contribution in [1.82, 2.24) is 14.5 Å². The zero-order chi connectivity index (χ0) is 27.4. The Morgan fingerprint density at radius 1 is 1.18 bits per heavy atom. The molecule has 1 saturated heterocycles. The number of carbonyl (C=O) groups excluding carboxylic acids is 1. The van der Waals surface area contributed by atoms with E-state index in [9.17, 15) is 18.4 Å². The van der Waals surface area contributed by atoms with Crippen molar-refractivity contribution in [2.75, 3.05) is 30.3 Å². The van der Waals surface area contributed by atoms with E-state index in [0.717, 1.165) is 12.5 Å². The van der Waals surface area contributed by atoms with E-state index in [4.69, 9.17) is 16.3 Å². The molecule has 0 aliphatic carbocycles. The van der Waals surface area contributed by atoms with Gasteiger partial charge in [0.1, 0.15) is 23.1 Å². The lowest BCUT2D eigenvalue weighted by molar-refractivity contribution is 0.0218. The molecule has 0 radical (unpaired) electrons. The van der Waals surface area contributed by atoms with Crippen molar-refractivity contribution in [3.63, 3.8) is 0 Å². The molecule has 0 bridgehead atoms. The van der Waals surface area contributed by atoms with E-state index in [1.165, 1.54) is 23.9 Å². The van der Waals surface area contributed by atoms with Crippen molar-refractivity contribution < 1.29 is 18.3 Å². The van der Waals surface area contributed by atoms with E-state index < -0.39 is 22.9 Å². The Balaban J connectivity index is 1.63. The Hall–Kier alpha value is -2.85. The van der Waals surface area contributed by atoms with Crippen LogP contribution in [0, 0.1) is 11.6 Å². The first-order valence-corrected chi connectivity index (χ1v) is 13.9. The second-order valence-corrected chi connectivity index (χ2v) is 12.1. The molecule has 3 aromatic rings.